The number of esters is 1. The number of ether oxygens (including phenoxy) is 1. The van der Waals surface area contributed by atoms with Crippen LogP contribution in [-0.2, 0) is 14.8 Å². The summed E-state index contributed by atoms with van der Waals surface area (Å²) in [7, 11) is -3.85. The quantitative estimate of drug-likeness (QED) is 0.487. The van der Waals surface area contributed by atoms with E-state index >= 15 is 0 Å². The molecule has 0 unspecified atom stereocenters. The highest BCUT2D eigenvalue weighted by atomic mass is 35.5. The third kappa shape index (κ3) is 5.60. The molecule has 8 nitrogen and oxygen atoms in total. The smallest absolute Gasteiger partial charge is 0.350 e. The lowest BCUT2D eigenvalue weighted by Gasteiger charge is -2.09. The van der Waals surface area contributed by atoms with Crippen LogP contribution in [0.5, 0.6) is 0 Å². The number of hydrogen-bond acceptors (Lipinski definition) is 7. The van der Waals surface area contributed by atoms with Gasteiger partial charge in [-0.25, -0.2) is 18.2 Å². The third-order valence-corrected chi connectivity index (χ3v) is 6.68. The van der Waals surface area contributed by atoms with Crippen LogP contribution in [0.3, 0.4) is 0 Å². The molecule has 3 rings (SSSR count). The van der Waals surface area contributed by atoms with Crippen LogP contribution in [0, 0.1) is 6.92 Å². The lowest BCUT2D eigenvalue weighted by atomic mass is 10.2. The third-order valence-electron chi connectivity index (χ3n) is 3.98. The summed E-state index contributed by atoms with van der Waals surface area (Å²) in [6.07, 6.45) is 0. The highest BCUT2D eigenvalue weighted by molar-refractivity contribution is 7.92. The first-order chi connectivity index (χ1) is 14.7. The zero-order chi connectivity index (χ0) is 22.6. The molecule has 162 valence electrons. The van der Waals surface area contributed by atoms with Gasteiger partial charge in [0.2, 0.25) is 0 Å². The van der Waals surface area contributed by atoms with E-state index in [1.165, 1.54) is 42.5 Å². The summed E-state index contributed by atoms with van der Waals surface area (Å²) in [5.41, 5.74) is 0.871. The Hall–Kier alpha value is -2.95. The Balaban J connectivity index is 1.75. The van der Waals surface area contributed by atoms with Gasteiger partial charge in [-0.2, -0.15) is 0 Å². The molecular formula is C20H18ClN3O5S2. The second kappa shape index (κ2) is 9.46. The first-order valence-corrected chi connectivity index (χ1v) is 11.7. The van der Waals surface area contributed by atoms with Crippen molar-refractivity contribution in [1.82, 2.24) is 4.98 Å². The normalized spacial score (nSPS) is 11.1. The van der Waals surface area contributed by atoms with Crippen LogP contribution in [0.15, 0.2) is 53.4 Å². The summed E-state index contributed by atoms with van der Waals surface area (Å²) in [5, 5.41) is 3.26. The van der Waals surface area contributed by atoms with Crippen LogP contribution >= 0.6 is 22.9 Å². The van der Waals surface area contributed by atoms with Gasteiger partial charge >= 0.3 is 5.97 Å². The van der Waals surface area contributed by atoms with Gasteiger partial charge in [0.05, 0.1) is 17.2 Å². The van der Waals surface area contributed by atoms with Crippen molar-refractivity contribution in [2.24, 2.45) is 0 Å². The topological polar surface area (TPSA) is 114 Å². The summed E-state index contributed by atoms with van der Waals surface area (Å²) in [5.74, 6) is -1.01. The highest BCUT2D eigenvalue weighted by Gasteiger charge is 2.19. The molecule has 0 bridgehead atoms. The summed E-state index contributed by atoms with van der Waals surface area (Å²) in [6, 6.07) is 11.7. The van der Waals surface area contributed by atoms with Gasteiger partial charge in [0.15, 0.2) is 5.13 Å². The summed E-state index contributed by atoms with van der Waals surface area (Å²) in [6.45, 7) is 3.58. The molecule has 2 N–H and O–H groups in total. The molecular weight excluding hydrogens is 462 g/mol. The Morgan fingerprint density at radius 2 is 1.87 bits per heavy atom. The van der Waals surface area contributed by atoms with Crippen molar-refractivity contribution in [2.45, 2.75) is 18.7 Å². The largest absolute Gasteiger partial charge is 0.462 e. The number of carbonyl (C=O) groups excluding carboxylic acids is 2. The van der Waals surface area contributed by atoms with Crippen molar-refractivity contribution in [3.05, 3.63) is 69.7 Å². The van der Waals surface area contributed by atoms with Crippen molar-refractivity contribution in [3.63, 3.8) is 0 Å². The average Bonchev–Trinajstić information content (AvgIpc) is 3.08. The second-order valence-electron chi connectivity index (χ2n) is 6.25. The Morgan fingerprint density at radius 3 is 2.55 bits per heavy atom. The molecule has 0 saturated carbocycles. The minimum absolute atomic E-state index is 0.0384. The molecule has 0 radical (unpaired) electrons. The predicted molar refractivity (Wildman–Crippen MR) is 119 cm³/mol. The number of thiazole rings is 1. The number of nitrogens with zero attached hydrogens (tertiary/aromatic N) is 1. The van der Waals surface area contributed by atoms with Crippen molar-refractivity contribution in [1.29, 1.82) is 0 Å². The number of aryl methyl sites for hydroxylation is 1. The molecule has 0 aliphatic heterocycles. The van der Waals surface area contributed by atoms with E-state index in [1.54, 1.807) is 19.9 Å². The van der Waals surface area contributed by atoms with Gasteiger partial charge in [-0.15, -0.1) is 0 Å². The number of amides is 1. The van der Waals surface area contributed by atoms with Gasteiger partial charge in [-0.1, -0.05) is 29.0 Å². The molecule has 0 atom stereocenters. The van der Waals surface area contributed by atoms with Crippen LogP contribution in [0.1, 0.15) is 32.6 Å². The van der Waals surface area contributed by atoms with Gasteiger partial charge in [-0.05, 0) is 56.3 Å². The molecule has 11 heteroatoms. The lowest BCUT2D eigenvalue weighted by molar-refractivity contribution is 0.0531. The number of hydrogen-bond donors (Lipinski definition) is 2. The maximum atomic E-state index is 12.6. The van der Waals surface area contributed by atoms with Crippen LogP contribution < -0.4 is 10.0 Å². The van der Waals surface area contributed by atoms with Crippen LogP contribution in [0.25, 0.3) is 0 Å². The summed E-state index contributed by atoms with van der Waals surface area (Å²) >= 11 is 6.80. The van der Waals surface area contributed by atoms with Crippen molar-refractivity contribution in [2.75, 3.05) is 16.6 Å². The van der Waals surface area contributed by atoms with Crippen LogP contribution in [-0.4, -0.2) is 31.9 Å². The van der Waals surface area contributed by atoms with Crippen LogP contribution in [0.4, 0.5) is 10.8 Å². The molecule has 0 saturated heterocycles. The second-order valence-corrected chi connectivity index (χ2v) is 9.37. The Kier molecular flexibility index (Phi) is 6.94. The van der Waals surface area contributed by atoms with E-state index in [4.69, 9.17) is 16.3 Å². The fourth-order valence-corrected chi connectivity index (χ4v) is 4.59. The van der Waals surface area contributed by atoms with E-state index in [-0.39, 0.29) is 27.9 Å². The zero-order valence-electron chi connectivity index (χ0n) is 16.5. The molecule has 3 aromatic rings. The van der Waals surface area contributed by atoms with E-state index in [1.807, 2.05) is 0 Å². The summed E-state index contributed by atoms with van der Waals surface area (Å²) < 4.78 is 32.5. The van der Waals surface area contributed by atoms with Gasteiger partial charge in [0.25, 0.3) is 15.9 Å². The fraction of sp³-hybridized carbons (Fsp3) is 0.150. The SMILES string of the molecule is CCOC(=O)c1sc(NC(=O)c2cccc(NS(=O)(=O)c3ccc(Cl)cc3)c2)nc1C. The molecule has 0 aliphatic carbocycles. The predicted octanol–water partition coefficient (Wildman–Crippen LogP) is 4.33. The van der Waals surface area contributed by atoms with Gasteiger partial charge in [-0.3, -0.25) is 14.8 Å². The van der Waals surface area contributed by atoms with E-state index in [9.17, 15) is 18.0 Å². The van der Waals surface area contributed by atoms with E-state index in [2.05, 4.69) is 15.0 Å². The first kappa shape index (κ1) is 22.7. The first-order valence-electron chi connectivity index (χ1n) is 9.04. The number of rotatable bonds is 7. The highest BCUT2D eigenvalue weighted by Crippen LogP contribution is 2.25. The maximum absolute atomic E-state index is 12.6. The van der Waals surface area contributed by atoms with E-state index in [0.717, 1.165) is 11.3 Å². The molecule has 1 aromatic heterocycles. The Morgan fingerprint density at radius 1 is 1.16 bits per heavy atom. The number of halogens is 1. The van der Waals surface area contributed by atoms with E-state index < -0.39 is 21.9 Å². The lowest BCUT2D eigenvalue weighted by Crippen LogP contribution is -2.15. The van der Waals surface area contributed by atoms with Crippen LogP contribution in [0.2, 0.25) is 5.02 Å². The van der Waals surface area contributed by atoms with Gasteiger partial charge in [0, 0.05) is 16.3 Å². The number of aromatic nitrogens is 1. The Bertz CT molecular complexity index is 1220. The molecule has 0 spiro atoms. The van der Waals surface area contributed by atoms with Crippen molar-refractivity contribution < 1.29 is 22.7 Å². The van der Waals surface area contributed by atoms with Gasteiger partial charge in [0.1, 0.15) is 4.88 Å². The van der Waals surface area contributed by atoms with E-state index in [0.29, 0.717) is 15.6 Å². The molecule has 1 amide bonds. The molecule has 2 aromatic carbocycles. The standard InChI is InChI=1S/C20H18ClN3O5S2/c1-3-29-19(26)17-12(2)22-20(30-17)23-18(25)13-5-4-6-15(11-13)24-31(27,28)16-9-7-14(21)8-10-16/h4-11,24H,3H2,1-2H3,(H,22,23,25). The molecule has 31 heavy (non-hydrogen) atoms. The number of nitrogens with one attached hydrogen (secondary N) is 2. The minimum atomic E-state index is -3.85. The van der Waals surface area contributed by atoms with Crippen molar-refractivity contribution >= 4 is 55.7 Å². The average molecular weight is 480 g/mol. The Labute approximate surface area is 188 Å². The fourth-order valence-electron chi connectivity index (χ4n) is 2.56. The number of anilines is 2. The minimum Gasteiger partial charge on any atom is -0.462 e. The monoisotopic (exact) mass is 479 g/mol. The molecule has 0 aliphatic rings. The zero-order valence-corrected chi connectivity index (χ0v) is 18.9. The molecule has 0 fully saturated rings. The number of sulfonamides is 1. The summed E-state index contributed by atoms with van der Waals surface area (Å²) in [4.78, 5) is 29.0. The van der Waals surface area contributed by atoms with Crippen molar-refractivity contribution in [3.8, 4) is 0 Å². The maximum Gasteiger partial charge on any atom is 0.350 e. The number of benzene rings is 2. The number of carbonyl (C=O) groups is 2. The van der Waals surface area contributed by atoms with Gasteiger partial charge < -0.3 is 4.74 Å². The molecule has 1 heterocycles.